The van der Waals surface area contributed by atoms with E-state index in [0.717, 1.165) is 13.0 Å². The van der Waals surface area contributed by atoms with Crippen LogP contribution in [0.2, 0.25) is 0 Å². The van der Waals surface area contributed by atoms with E-state index in [2.05, 4.69) is 20.6 Å². The Balaban J connectivity index is 2.72. The third-order valence-electron chi connectivity index (χ3n) is 2.32. The molecule has 108 valence electrons. The molecule has 0 aromatic carbocycles. The van der Waals surface area contributed by atoms with Gasteiger partial charge in [0, 0.05) is 19.7 Å². The number of nitrogens with one attached hydrogen (secondary N) is 2. The maximum absolute atomic E-state index is 12.6. The van der Waals surface area contributed by atoms with Gasteiger partial charge in [-0.05, 0) is 27.1 Å². The van der Waals surface area contributed by atoms with Gasteiger partial charge in [0.15, 0.2) is 0 Å². The summed E-state index contributed by atoms with van der Waals surface area (Å²) in [5.41, 5.74) is 0. The van der Waals surface area contributed by atoms with Crippen molar-refractivity contribution in [2.75, 3.05) is 44.9 Å². The molecule has 0 fully saturated rings. The first-order valence-electron chi connectivity index (χ1n) is 5.85. The number of anilines is 2. The van der Waals surface area contributed by atoms with Crippen LogP contribution < -0.4 is 10.6 Å². The zero-order chi connectivity index (χ0) is 14.5. The molecule has 1 aromatic heterocycles. The predicted molar refractivity (Wildman–Crippen MR) is 68.2 cm³/mol. The first-order chi connectivity index (χ1) is 8.82. The Morgan fingerprint density at radius 1 is 1.21 bits per heavy atom. The standard InChI is InChI=1S/C11H18F3N5/c1-15-8-7-9(16-5-4-6-19(2)3)18-10(17-8)11(12,13)14/h7H,4-6H2,1-3H3,(H2,15,16,17,18). The van der Waals surface area contributed by atoms with Crippen LogP contribution in [0.4, 0.5) is 24.8 Å². The molecule has 8 heteroatoms. The van der Waals surface area contributed by atoms with Crippen molar-refractivity contribution >= 4 is 11.6 Å². The van der Waals surface area contributed by atoms with Crippen LogP contribution in [0.5, 0.6) is 0 Å². The Kier molecular flexibility index (Phi) is 5.34. The van der Waals surface area contributed by atoms with Gasteiger partial charge in [0.1, 0.15) is 11.6 Å². The van der Waals surface area contributed by atoms with Crippen LogP contribution in [-0.4, -0.2) is 49.1 Å². The summed E-state index contributed by atoms with van der Waals surface area (Å²) in [6.45, 7) is 1.40. The van der Waals surface area contributed by atoms with Crippen molar-refractivity contribution in [1.82, 2.24) is 14.9 Å². The molecular formula is C11H18F3N5. The Morgan fingerprint density at radius 3 is 2.37 bits per heavy atom. The maximum atomic E-state index is 12.6. The van der Waals surface area contributed by atoms with E-state index in [-0.39, 0.29) is 11.6 Å². The molecular weight excluding hydrogens is 259 g/mol. The van der Waals surface area contributed by atoms with Crippen LogP contribution in [0.25, 0.3) is 0 Å². The van der Waals surface area contributed by atoms with Crippen molar-refractivity contribution in [2.24, 2.45) is 0 Å². The average Bonchev–Trinajstić information content (AvgIpc) is 2.33. The van der Waals surface area contributed by atoms with Crippen molar-refractivity contribution in [2.45, 2.75) is 12.6 Å². The van der Waals surface area contributed by atoms with Gasteiger partial charge in [-0.25, -0.2) is 9.97 Å². The molecule has 0 bridgehead atoms. The van der Waals surface area contributed by atoms with E-state index in [0.29, 0.717) is 6.54 Å². The fraction of sp³-hybridized carbons (Fsp3) is 0.636. The van der Waals surface area contributed by atoms with Crippen molar-refractivity contribution < 1.29 is 13.2 Å². The molecule has 1 heterocycles. The fourth-order valence-electron chi connectivity index (χ4n) is 1.40. The summed E-state index contributed by atoms with van der Waals surface area (Å²) in [4.78, 5) is 8.85. The lowest BCUT2D eigenvalue weighted by atomic mass is 10.4. The minimum absolute atomic E-state index is 0.137. The minimum atomic E-state index is -4.55. The van der Waals surface area contributed by atoms with Crippen LogP contribution in [0.1, 0.15) is 12.2 Å². The highest BCUT2D eigenvalue weighted by Crippen LogP contribution is 2.28. The second-order valence-electron chi connectivity index (χ2n) is 4.29. The van der Waals surface area contributed by atoms with Crippen LogP contribution in [0.3, 0.4) is 0 Å². The molecule has 2 N–H and O–H groups in total. The summed E-state index contributed by atoms with van der Waals surface area (Å²) in [5, 5.41) is 5.46. The van der Waals surface area contributed by atoms with Crippen molar-refractivity contribution in [1.29, 1.82) is 0 Å². The van der Waals surface area contributed by atoms with E-state index in [1.165, 1.54) is 13.1 Å². The minimum Gasteiger partial charge on any atom is -0.373 e. The molecule has 19 heavy (non-hydrogen) atoms. The molecule has 0 aliphatic rings. The predicted octanol–water partition coefficient (Wildman–Crippen LogP) is 1.90. The molecule has 0 amide bonds. The number of alkyl halides is 3. The third-order valence-corrected chi connectivity index (χ3v) is 2.32. The van der Waals surface area contributed by atoms with Gasteiger partial charge in [-0.15, -0.1) is 0 Å². The quantitative estimate of drug-likeness (QED) is 0.778. The first kappa shape index (κ1) is 15.5. The van der Waals surface area contributed by atoms with Gasteiger partial charge in [0.25, 0.3) is 0 Å². The number of rotatable bonds is 6. The summed E-state index contributed by atoms with van der Waals surface area (Å²) in [7, 11) is 5.38. The summed E-state index contributed by atoms with van der Waals surface area (Å²) in [5.74, 6) is -0.836. The van der Waals surface area contributed by atoms with Gasteiger partial charge in [0.05, 0.1) is 0 Å². The molecule has 0 radical (unpaired) electrons. The van der Waals surface area contributed by atoms with E-state index in [1.54, 1.807) is 0 Å². The highest BCUT2D eigenvalue weighted by molar-refractivity contribution is 5.47. The molecule has 5 nitrogen and oxygen atoms in total. The number of halogens is 3. The maximum Gasteiger partial charge on any atom is 0.451 e. The molecule has 0 saturated carbocycles. The van der Waals surface area contributed by atoms with Crippen LogP contribution in [0, 0.1) is 0 Å². The highest BCUT2D eigenvalue weighted by atomic mass is 19.4. The summed E-state index contributed by atoms with van der Waals surface area (Å²) < 4.78 is 37.8. The zero-order valence-electron chi connectivity index (χ0n) is 11.2. The van der Waals surface area contributed by atoms with Gasteiger partial charge in [-0.3, -0.25) is 0 Å². The Labute approximate surface area is 110 Å². The van der Waals surface area contributed by atoms with Crippen LogP contribution in [-0.2, 0) is 6.18 Å². The second-order valence-corrected chi connectivity index (χ2v) is 4.29. The zero-order valence-corrected chi connectivity index (χ0v) is 11.2. The molecule has 0 atom stereocenters. The van der Waals surface area contributed by atoms with Crippen molar-refractivity contribution in [3.05, 3.63) is 11.9 Å². The number of nitrogens with zero attached hydrogens (tertiary/aromatic N) is 3. The van der Waals surface area contributed by atoms with Crippen LogP contribution >= 0.6 is 0 Å². The lowest BCUT2D eigenvalue weighted by molar-refractivity contribution is -0.144. The largest absolute Gasteiger partial charge is 0.451 e. The molecule has 0 aliphatic carbocycles. The third kappa shape index (κ3) is 5.29. The molecule has 0 unspecified atom stereocenters. The Hall–Kier alpha value is -1.57. The average molecular weight is 277 g/mol. The van der Waals surface area contributed by atoms with Gasteiger partial charge < -0.3 is 15.5 Å². The number of hydrogen-bond acceptors (Lipinski definition) is 5. The number of aromatic nitrogens is 2. The van der Waals surface area contributed by atoms with E-state index in [4.69, 9.17) is 0 Å². The monoisotopic (exact) mass is 277 g/mol. The van der Waals surface area contributed by atoms with E-state index < -0.39 is 12.0 Å². The van der Waals surface area contributed by atoms with Gasteiger partial charge in [-0.2, -0.15) is 13.2 Å². The van der Waals surface area contributed by atoms with Gasteiger partial charge in [0.2, 0.25) is 5.82 Å². The second kappa shape index (κ2) is 6.55. The summed E-state index contributed by atoms with van der Waals surface area (Å²) >= 11 is 0. The molecule has 0 spiro atoms. The smallest absolute Gasteiger partial charge is 0.373 e. The normalized spacial score (nSPS) is 11.7. The molecule has 0 saturated heterocycles. The first-order valence-corrected chi connectivity index (χ1v) is 5.85. The summed E-state index contributed by atoms with van der Waals surface area (Å²) in [6, 6.07) is 1.45. The molecule has 1 rings (SSSR count). The van der Waals surface area contributed by atoms with Crippen LogP contribution in [0.15, 0.2) is 6.07 Å². The van der Waals surface area contributed by atoms with E-state index in [9.17, 15) is 13.2 Å². The molecule has 0 aliphatic heterocycles. The van der Waals surface area contributed by atoms with E-state index in [1.807, 2.05) is 19.0 Å². The van der Waals surface area contributed by atoms with Crippen molar-refractivity contribution in [3.63, 3.8) is 0 Å². The topological polar surface area (TPSA) is 53.1 Å². The van der Waals surface area contributed by atoms with Gasteiger partial charge >= 0.3 is 6.18 Å². The van der Waals surface area contributed by atoms with Crippen molar-refractivity contribution in [3.8, 4) is 0 Å². The fourth-order valence-corrected chi connectivity index (χ4v) is 1.40. The lowest BCUT2D eigenvalue weighted by Crippen LogP contribution is -2.18. The number of hydrogen-bond donors (Lipinski definition) is 2. The summed E-state index contributed by atoms with van der Waals surface area (Å²) in [6.07, 6.45) is -3.74. The Morgan fingerprint density at radius 2 is 1.84 bits per heavy atom. The SMILES string of the molecule is CNc1cc(NCCCN(C)C)nc(C(F)(F)F)n1. The lowest BCUT2D eigenvalue weighted by Gasteiger charge is -2.12. The highest BCUT2D eigenvalue weighted by Gasteiger charge is 2.35. The van der Waals surface area contributed by atoms with Gasteiger partial charge in [-0.1, -0.05) is 0 Å². The Bertz CT molecular complexity index is 406. The molecule has 1 aromatic rings. The van der Waals surface area contributed by atoms with E-state index >= 15 is 0 Å².